The van der Waals surface area contributed by atoms with Gasteiger partial charge in [0.05, 0.1) is 17.8 Å². The van der Waals surface area contributed by atoms with Gasteiger partial charge in [0.25, 0.3) is 5.91 Å². The molecule has 0 fully saturated rings. The van der Waals surface area contributed by atoms with E-state index in [4.69, 9.17) is 4.42 Å². The summed E-state index contributed by atoms with van der Waals surface area (Å²) < 4.78 is 5.00. The number of nitrogens with zero attached hydrogens (tertiary/aromatic N) is 1. The highest BCUT2D eigenvalue weighted by Gasteiger charge is 2.29. The first-order valence-corrected chi connectivity index (χ1v) is 5.42. The summed E-state index contributed by atoms with van der Waals surface area (Å²) in [5, 5.41) is 12.1. The number of hydrogen-bond donors (Lipinski definition) is 2. The maximum absolute atomic E-state index is 11.9. The first kappa shape index (κ1) is 12.7. The molecule has 1 heterocycles. The first-order valence-electron chi connectivity index (χ1n) is 5.42. The van der Waals surface area contributed by atoms with Crippen molar-refractivity contribution in [3.63, 3.8) is 0 Å². The Kier molecular flexibility index (Phi) is 4.06. The molecule has 1 aromatic rings. The first-order chi connectivity index (χ1) is 7.58. The van der Waals surface area contributed by atoms with Crippen molar-refractivity contribution in [1.82, 2.24) is 10.3 Å². The minimum absolute atomic E-state index is 0.0844. The van der Waals surface area contributed by atoms with Crippen LogP contribution in [0.1, 0.15) is 42.9 Å². The third-order valence-corrected chi connectivity index (χ3v) is 2.99. The molecule has 0 radical (unpaired) electrons. The molecule has 0 bridgehead atoms. The van der Waals surface area contributed by atoms with Gasteiger partial charge >= 0.3 is 0 Å². The Bertz CT molecular complexity index is 348. The molecule has 0 aliphatic heterocycles. The van der Waals surface area contributed by atoms with Gasteiger partial charge in [0.15, 0.2) is 6.39 Å². The molecule has 5 heteroatoms. The number of rotatable bonds is 5. The van der Waals surface area contributed by atoms with Crippen LogP contribution in [-0.4, -0.2) is 28.1 Å². The van der Waals surface area contributed by atoms with E-state index in [0.717, 1.165) is 0 Å². The number of aryl methyl sites for hydroxylation is 1. The van der Waals surface area contributed by atoms with Gasteiger partial charge in [-0.2, -0.15) is 0 Å². The van der Waals surface area contributed by atoms with Crippen LogP contribution in [0.25, 0.3) is 0 Å². The molecule has 1 amide bonds. The van der Waals surface area contributed by atoms with Crippen molar-refractivity contribution < 1.29 is 14.3 Å². The highest BCUT2D eigenvalue weighted by atomic mass is 16.3. The zero-order chi connectivity index (χ0) is 12.2. The molecule has 1 rings (SSSR count). The standard InChI is InChI=1S/C11H18N2O3/c1-4-11(5-2,6-14)13-10(15)9-8(3)12-7-16-9/h7,14H,4-6H2,1-3H3,(H,13,15). The van der Waals surface area contributed by atoms with E-state index in [1.165, 1.54) is 6.39 Å². The average Bonchev–Trinajstić information content (AvgIpc) is 2.72. The van der Waals surface area contributed by atoms with Gasteiger partial charge in [-0.15, -0.1) is 0 Å². The van der Waals surface area contributed by atoms with Crippen molar-refractivity contribution >= 4 is 5.91 Å². The van der Waals surface area contributed by atoms with Crippen LogP contribution in [0.2, 0.25) is 0 Å². The molecule has 0 unspecified atom stereocenters. The second-order valence-electron chi connectivity index (χ2n) is 3.87. The molecule has 5 nitrogen and oxygen atoms in total. The Morgan fingerprint density at radius 2 is 2.19 bits per heavy atom. The van der Waals surface area contributed by atoms with E-state index >= 15 is 0 Å². The topological polar surface area (TPSA) is 75.4 Å². The van der Waals surface area contributed by atoms with Gasteiger partial charge < -0.3 is 14.8 Å². The van der Waals surface area contributed by atoms with Crippen LogP contribution in [0.5, 0.6) is 0 Å². The Balaban J connectivity index is 2.81. The van der Waals surface area contributed by atoms with Crippen LogP contribution in [0, 0.1) is 6.92 Å². The number of oxazole rings is 1. The monoisotopic (exact) mass is 226 g/mol. The summed E-state index contributed by atoms with van der Waals surface area (Å²) in [6.07, 6.45) is 2.57. The number of aliphatic hydroxyl groups excluding tert-OH is 1. The zero-order valence-corrected chi connectivity index (χ0v) is 9.91. The molecule has 0 aliphatic rings. The van der Waals surface area contributed by atoms with E-state index in [2.05, 4.69) is 10.3 Å². The fourth-order valence-corrected chi connectivity index (χ4v) is 1.51. The van der Waals surface area contributed by atoms with Gasteiger partial charge in [-0.05, 0) is 19.8 Å². The predicted octanol–water partition coefficient (Wildman–Crippen LogP) is 1.26. The number of amides is 1. The number of nitrogens with one attached hydrogen (secondary N) is 1. The summed E-state index contributed by atoms with van der Waals surface area (Å²) in [5.41, 5.74) is -0.0207. The number of carbonyl (C=O) groups excluding carboxylic acids is 1. The largest absolute Gasteiger partial charge is 0.438 e. The summed E-state index contributed by atoms with van der Waals surface area (Å²) in [5.74, 6) is -0.118. The lowest BCUT2D eigenvalue weighted by Gasteiger charge is -2.30. The predicted molar refractivity (Wildman–Crippen MR) is 59.1 cm³/mol. The quantitative estimate of drug-likeness (QED) is 0.792. The van der Waals surface area contributed by atoms with Crippen LogP contribution in [0.15, 0.2) is 10.8 Å². The molecule has 90 valence electrons. The molecule has 0 atom stereocenters. The van der Waals surface area contributed by atoms with Gasteiger partial charge in [0.2, 0.25) is 5.76 Å². The van der Waals surface area contributed by atoms with Crippen molar-refractivity contribution in [2.24, 2.45) is 0 Å². The van der Waals surface area contributed by atoms with Crippen LogP contribution < -0.4 is 5.32 Å². The Labute approximate surface area is 94.9 Å². The molecule has 16 heavy (non-hydrogen) atoms. The van der Waals surface area contributed by atoms with Crippen LogP contribution in [0.3, 0.4) is 0 Å². The maximum atomic E-state index is 11.9. The Morgan fingerprint density at radius 3 is 2.56 bits per heavy atom. The summed E-state index contributed by atoms with van der Waals surface area (Å²) in [4.78, 5) is 15.7. The Morgan fingerprint density at radius 1 is 1.56 bits per heavy atom. The number of carbonyl (C=O) groups is 1. The second kappa shape index (κ2) is 5.12. The smallest absolute Gasteiger partial charge is 0.289 e. The minimum Gasteiger partial charge on any atom is -0.438 e. The molecule has 2 N–H and O–H groups in total. The van der Waals surface area contributed by atoms with Crippen molar-refractivity contribution in [3.05, 3.63) is 17.8 Å². The van der Waals surface area contributed by atoms with Crippen LogP contribution in [-0.2, 0) is 0 Å². The molecular weight excluding hydrogens is 208 g/mol. The molecular formula is C11H18N2O3. The second-order valence-corrected chi connectivity index (χ2v) is 3.87. The van der Waals surface area contributed by atoms with Crippen molar-refractivity contribution in [3.8, 4) is 0 Å². The summed E-state index contributed by atoms with van der Waals surface area (Å²) >= 11 is 0. The highest BCUT2D eigenvalue weighted by molar-refractivity contribution is 5.92. The normalized spacial score (nSPS) is 11.5. The maximum Gasteiger partial charge on any atom is 0.289 e. The third-order valence-electron chi connectivity index (χ3n) is 2.99. The molecule has 0 aromatic carbocycles. The van der Waals surface area contributed by atoms with Crippen LogP contribution in [0.4, 0.5) is 0 Å². The van der Waals surface area contributed by atoms with Gasteiger partial charge in [0.1, 0.15) is 0 Å². The van der Waals surface area contributed by atoms with E-state index in [-0.39, 0.29) is 18.3 Å². The number of hydrogen-bond acceptors (Lipinski definition) is 4. The molecule has 0 saturated carbocycles. The number of aromatic nitrogens is 1. The molecule has 0 aliphatic carbocycles. The van der Waals surface area contributed by atoms with Crippen molar-refractivity contribution in [1.29, 1.82) is 0 Å². The molecule has 0 spiro atoms. The molecule has 1 aromatic heterocycles. The van der Waals surface area contributed by atoms with E-state index < -0.39 is 5.54 Å². The highest BCUT2D eigenvalue weighted by Crippen LogP contribution is 2.16. The van der Waals surface area contributed by atoms with Gasteiger partial charge in [-0.25, -0.2) is 4.98 Å². The van der Waals surface area contributed by atoms with Crippen molar-refractivity contribution in [2.75, 3.05) is 6.61 Å². The summed E-state index contributed by atoms with van der Waals surface area (Å²) in [7, 11) is 0. The minimum atomic E-state index is -0.573. The lowest BCUT2D eigenvalue weighted by Crippen LogP contribution is -2.50. The Hall–Kier alpha value is -1.36. The fourth-order valence-electron chi connectivity index (χ4n) is 1.51. The fraction of sp³-hybridized carbons (Fsp3) is 0.636. The lowest BCUT2D eigenvalue weighted by molar-refractivity contribution is 0.0789. The van der Waals surface area contributed by atoms with E-state index in [1.807, 2.05) is 13.8 Å². The van der Waals surface area contributed by atoms with E-state index in [0.29, 0.717) is 18.5 Å². The van der Waals surface area contributed by atoms with Gasteiger partial charge in [-0.1, -0.05) is 13.8 Å². The van der Waals surface area contributed by atoms with Gasteiger partial charge in [0, 0.05) is 0 Å². The summed E-state index contributed by atoms with van der Waals surface area (Å²) in [6, 6.07) is 0. The SMILES string of the molecule is CCC(CC)(CO)NC(=O)c1ocnc1C. The van der Waals surface area contributed by atoms with E-state index in [1.54, 1.807) is 6.92 Å². The van der Waals surface area contributed by atoms with Crippen LogP contribution >= 0.6 is 0 Å². The zero-order valence-electron chi connectivity index (χ0n) is 9.91. The number of aliphatic hydroxyl groups is 1. The molecule has 0 saturated heterocycles. The van der Waals surface area contributed by atoms with E-state index in [9.17, 15) is 9.90 Å². The van der Waals surface area contributed by atoms with Crippen molar-refractivity contribution in [2.45, 2.75) is 39.2 Å². The third kappa shape index (κ3) is 2.41. The summed E-state index contributed by atoms with van der Waals surface area (Å²) in [6.45, 7) is 5.47. The lowest BCUT2D eigenvalue weighted by atomic mass is 9.93. The van der Waals surface area contributed by atoms with Gasteiger partial charge in [-0.3, -0.25) is 4.79 Å². The average molecular weight is 226 g/mol.